The lowest BCUT2D eigenvalue weighted by atomic mass is 9.91. The molecule has 176 valence electrons. The van der Waals surface area contributed by atoms with Gasteiger partial charge in [0.1, 0.15) is 22.8 Å². The number of nitrogens with one attached hydrogen (secondary N) is 1. The van der Waals surface area contributed by atoms with E-state index in [1.807, 2.05) is 11.5 Å². The van der Waals surface area contributed by atoms with Crippen LogP contribution in [0.5, 0.6) is 5.75 Å². The Kier molecular flexibility index (Phi) is 7.09. The molecule has 0 aliphatic heterocycles. The lowest BCUT2D eigenvalue weighted by molar-refractivity contribution is 0.273. The third-order valence-electron chi connectivity index (χ3n) is 6.38. The molecule has 1 aliphatic carbocycles. The largest absolute Gasteiger partial charge is 0.492 e. The van der Waals surface area contributed by atoms with Crippen molar-refractivity contribution in [2.45, 2.75) is 58.0 Å². The maximum atomic E-state index is 12.8. The minimum absolute atomic E-state index is 0.0267. The van der Waals surface area contributed by atoms with Crippen molar-refractivity contribution in [1.29, 1.82) is 0 Å². The molecule has 33 heavy (non-hydrogen) atoms. The van der Waals surface area contributed by atoms with Crippen LogP contribution in [0, 0.1) is 18.8 Å². The van der Waals surface area contributed by atoms with Crippen molar-refractivity contribution in [1.82, 2.24) is 24.4 Å². The fourth-order valence-corrected chi connectivity index (χ4v) is 4.77. The van der Waals surface area contributed by atoms with E-state index in [4.69, 9.17) is 16.3 Å². The number of hydrogen-bond acceptors (Lipinski definition) is 7. The number of imidazole rings is 1. The summed E-state index contributed by atoms with van der Waals surface area (Å²) in [6.45, 7) is 4.94. The number of rotatable bonds is 8. The summed E-state index contributed by atoms with van der Waals surface area (Å²) >= 11 is 6.20. The van der Waals surface area contributed by atoms with Crippen LogP contribution in [0.4, 0.5) is 5.69 Å². The lowest BCUT2D eigenvalue weighted by Crippen LogP contribution is -2.36. The van der Waals surface area contributed by atoms with Gasteiger partial charge in [-0.25, -0.2) is 14.8 Å². The molecule has 2 aromatic heterocycles. The van der Waals surface area contributed by atoms with Gasteiger partial charge in [0.05, 0.1) is 17.8 Å². The monoisotopic (exact) mass is 472 g/mol. The van der Waals surface area contributed by atoms with Crippen molar-refractivity contribution in [3.63, 3.8) is 0 Å². The summed E-state index contributed by atoms with van der Waals surface area (Å²) in [7, 11) is 1.77. The molecule has 0 atom stereocenters. The van der Waals surface area contributed by atoms with Crippen LogP contribution < -0.4 is 15.7 Å². The highest BCUT2D eigenvalue weighted by Crippen LogP contribution is 2.33. The molecule has 9 nitrogen and oxygen atoms in total. The summed E-state index contributed by atoms with van der Waals surface area (Å²) in [4.78, 5) is 32.5. The van der Waals surface area contributed by atoms with Gasteiger partial charge in [-0.1, -0.05) is 11.6 Å². The van der Waals surface area contributed by atoms with Crippen LogP contribution in [0.1, 0.15) is 49.5 Å². The van der Waals surface area contributed by atoms with E-state index in [1.54, 1.807) is 36.9 Å². The van der Waals surface area contributed by atoms with E-state index in [0.29, 0.717) is 34.9 Å². The third kappa shape index (κ3) is 4.94. The average molecular weight is 473 g/mol. The van der Waals surface area contributed by atoms with Crippen LogP contribution >= 0.6 is 11.6 Å². The number of aromatic nitrogens is 4. The lowest BCUT2D eigenvalue weighted by Gasteiger charge is -2.29. The van der Waals surface area contributed by atoms with Gasteiger partial charge < -0.3 is 10.1 Å². The molecular formula is C23H29ClN6O3. The van der Waals surface area contributed by atoms with E-state index < -0.39 is 0 Å². The summed E-state index contributed by atoms with van der Waals surface area (Å²) in [6, 6.07) is 3.85. The topological polar surface area (TPSA) is 103 Å². The number of ether oxygens (including phenoxy) is 1. The molecule has 1 aromatic carbocycles. The summed E-state index contributed by atoms with van der Waals surface area (Å²) in [5.41, 5.74) is 2.55. The predicted molar refractivity (Wildman–Crippen MR) is 129 cm³/mol. The van der Waals surface area contributed by atoms with Gasteiger partial charge >= 0.3 is 5.69 Å². The average Bonchev–Trinajstić information content (AvgIpc) is 3.04. The Balaban J connectivity index is 1.26. The van der Waals surface area contributed by atoms with Crippen molar-refractivity contribution >= 4 is 28.5 Å². The fraction of sp³-hybridized carbons (Fsp3) is 0.522. The van der Waals surface area contributed by atoms with Gasteiger partial charge in [-0.3, -0.25) is 9.13 Å². The van der Waals surface area contributed by atoms with E-state index in [9.17, 15) is 9.70 Å². The molecule has 1 fully saturated rings. The second kappa shape index (κ2) is 10.0. The Morgan fingerprint density at radius 2 is 2.00 bits per heavy atom. The molecule has 10 heteroatoms. The molecule has 0 radical (unpaired) electrons. The van der Waals surface area contributed by atoms with Crippen LogP contribution in [-0.4, -0.2) is 38.3 Å². The van der Waals surface area contributed by atoms with Crippen LogP contribution in [-0.2, 0) is 7.05 Å². The first kappa shape index (κ1) is 23.4. The van der Waals surface area contributed by atoms with Gasteiger partial charge in [0, 0.05) is 25.2 Å². The molecule has 1 saturated carbocycles. The number of hydrogen-bond donors (Lipinski definition) is 1. The van der Waals surface area contributed by atoms with Crippen molar-refractivity contribution < 1.29 is 4.74 Å². The number of nitroso groups, excluding NO2 is 1. The smallest absolute Gasteiger partial charge is 0.330 e. The van der Waals surface area contributed by atoms with Gasteiger partial charge in [0.2, 0.25) is 0 Å². The number of halogens is 1. The van der Waals surface area contributed by atoms with Crippen LogP contribution in [0.3, 0.4) is 0 Å². The Hall–Kier alpha value is -2.78. The Morgan fingerprint density at radius 1 is 1.24 bits per heavy atom. The molecule has 1 N–H and O–H groups in total. The van der Waals surface area contributed by atoms with E-state index >= 15 is 0 Å². The molecule has 0 spiro atoms. The first-order valence-corrected chi connectivity index (χ1v) is 11.7. The predicted octanol–water partition coefficient (Wildman–Crippen LogP) is 4.34. The SMILES string of the molecule is Cc1ncc2c(n1)n(C1CCC(NCCCOc3cc(N=O)c(C)cc3Cl)CC1)c(=O)n2C. The first-order chi connectivity index (χ1) is 15.9. The molecule has 0 bridgehead atoms. The molecule has 0 amide bonds. The van der Waals surface area contributed by atoms with E-state index in [1.165, 1.54) is 0 Å². The van der Waals surface area contributed by atoms with Crippen LogP contribution in [0.2, 0.25) is 5.02 Å². The molecule has 3 aromatic rings. The highest BCUT2D eigenvalue weighted by atomic mass is 35.5. The number of aryl methyl sites for hydroxylation is 3. The normalized spacial score (nSPS) is 18.5. The van der Waals surface area contributed by atoms with E-state index in [0.717, 1.165) is 55.4 Å². The highest BCUT2D eigenvalue weighted by molar-refractivity contribution is 6.32. The summed E-state index contributed by atoms with van der Waals surface area (Å²) in [5.74, 6) is 1.15. The maximum Gasteiger partial charge on any atom is 0.330 e. The molecule has 1 aliphatic rings. The third-order valence-corrected chi connectivity index (χ3v) is 6.67. The summed E-state index contributed by atoms with van der Waals surface area (Å²) in [5, 5.41) is 7.08. The molecule has 0 unspecified atom stereocenters. The van der Waals surface area contributed by atoms with Crippen LogP contribution in [0.25, 0.3) is 11.2 Å². The second-order valence-electron chi connectivity index (χ2n) is 8.66. The second-order valence-corrected chi connectivity index (χ2v) is 9.07. The molecule has 2 heterocycles. The summed E-state index contributed by atoms with van der Waals surface area (Å²) in [6.07, 6.45) is 6.39. The van der Waals surface area contributed by atoms with Gasteiger partial charge in [-0.2, -0.15) is 0 Å². The molecule has 0 saturated heterocycles. The van der Waals surface area contributed by atoms with Crippen molar-refractivity contribution in [3.05, 3.63) is 50.1 Å². The van der Waals surface area contributed by atoms with Crippen molar-refractivity contribution in [3.8, 4) is 5.75 Å². The number of benzene rings is 1. The van der Waals surface area contributed by atoms with Gasteiger partial charge in [-0.15, -0.1) is 4.91 Å². The van der Waals surface area contributed by atoms with E-state index in [-0.39, 0.29) is 11.7 Å². The Bertz CT molecular complexity index is 1210. The zero-order chi connectivity index (χ0) is 23.5. The maximum absolute atomic E-state index is 12.8. The minimum Gasteiger partial charge on any atom is -0.492 e. The van der Waals surface area contributed by atoms with Gasteiger partial charge in [-0.05, 0) is 69.3 Å². The fourth-order valence-electron chi connectivity index (χ4n) is 4.50. The number of fused-ring (bicyclic) bond motifs is 1. The Labute approximate surface area is 197 Å². The van der Waals surface area contributed by atoms with E-state index in [2.05, 4.69) is 20.5 Å². The summed E-state index contributed by atoms with van der Waals surface area (Å²) < 4.78 is 9.22. The van der Waals surface area contributed by atoms with Gasteiger partial charge in [0.25, 0.3) is 0 Å². The first-order valence-electron chi connectivity index (χ1n) is 11.3. The molecule has 4 rings (SSSR count). The number of nitrogens with zero attached hydrogens (tertiary/aromatic N) is 5. The molecular weight excluding hydrogens is 444 g/mol. The minimum atomic E-state index is -0.0267. The highest BCUT2D eigenvalue weighted by Gasteiger charge is 2.26. The standard InChI is InChI=1S/C23H29ClN6O3/c1-14-11-18(24)21(12-19(14)28-32)33-10-4-9-25-16-5-7-17(8-6-16)30-22-20(29(3)23(30)31)13-26-15(2)27-22/h11-13,16-17,25H,4-10H2,1-3H3. The zero-order valence-corrected chi connectivity index (χ0v) is 19.9. The van der Waals surface area contributed by atoms with Gasteiger partial charge in [0.15, 0.2) is 5.65 Å². The zero-order valence-electron chi connectivity index (χ0n) is 19.2. The van der Waals surface area contributed by atoms with Crippen molar-refractivity contribution in [2.75, 3.05) is 13.2 Å². The van der Waals surface area contributed by atoms with Crippen molar-refractivity contribution in [2.24, 2.45) is 12.2 Å². The Morgan fingerprint density at radius 3 is 2.73 bits per heavy atom. The quantitative estimate of drug-likeness (QED) is 0.386. The van der Waals surface area contributed by atoms with Crippen LogP contribution in [0.15, 0.2) is 28.3 Å².